The van der Waals surface area contributed by atoms with E-state index in [-0.39, 0.29) is 17.3 Å². The lowest BCUT2D eigenvalue weighted by Crippen LogP contribution is -2.04. The molecule has 0 spiro atoms. The highest BCUT2D eigenvalue weighted by Crippen LogP contribution is 2.34. The Hall–Kier alpha value is -1.97. The first kappa shape index (κ1) is 11.1. The summed E-state index contributed by atoms with van der Waals surface area (Å²) in [5, 5.41) is 4.05. The molecule has 0 radical (unpaired) electrons. The van der Waals surface area contributed by atoms with Crippen LogP contribution in [0.25, 0.3) is 11.1 Å². The number of carbonyl (C=O) groups excluding carboxylic acids is 1. The molecule has 0 amide bonds. The maximum absolute atomic E-state index is 13.9. The van der Waals surface area contributed by atoms with Crippen molar-refractivity contribution in [2.75, 3.05) is 0 Å². The van der Waals surface area contributed by atoms with Gasteiger partial charge in [-0.05, 0) is 30.5 Å². The minimum absolute atomic E-state index is 0.0451. The van der Waals surface area contributed by atoms with E-state index >= 15 is 0 Å². The number of ketones is 1. The number of aryl methyl sites for hydroxylation is 1. The fourth-order valence-corrected chi connectivity index (χ4v) is 2.03. The molecule has 0 saturated heterocycles. The lowest BCUT2D eigenvalue weighted by molar-refractivity contribution is 0.0963. The number of hydrogen-bond donors (Lipinski definition) is 0. The van der Waals surface area contributed by atoms with E-state index in [0.29, 0.717) is 0 Å². The van der Waals surface area contributed by atoms with Crippen LogP contribution < -0.4 is 0 Å². The molecule has 0 atom stereocenters. The summed E-state index contributed by atoms with van der Waals surface area (Å²) in [4.78, 5) is 11.8. The van der Waals surface area contributed by atoms with Gasteiger partial charge in [-0.15, -0.1) is 0 Å². The molecule has 3 rings (SSSR count). The molecule has 1 heterocycles. The number of rotatable bonds is 3. The summed E-state index contributed by atoms with van der Waals surface area (Å²) in [5.41, 5.74) is 1.81. The van der Waals surface area contributed by atoms with E-state index in [1.807, 2.05) is 13.2 Å². The van der Waals surface area contributed by atoms with E-state index in [2.05, 4.69) is 5.10 Å². The minimum Gasteiger partial charge on any atom is -0.294 e. The van der Waals surface area contributed by atoms with Gasteiger partial charge in [0, 0.05) is 24.7 Å². The van der Waals surface area contributed by atoms with E-state index in [1.54, 1.807) is 23.0 Å². The molecule has 2 aromatic rings. The number of nitrogens with zero attached hydrogens (tertiary/aromatic N) is 2. The molecule has 0 unspecified atom stereocenters. The molecule has 1 aromatic heterocycles. The van der Waals surface area contributed by atoms with Crippen molar-refractivity contribution in [3.63, 3.8) is 0 Å². The molecular weight excluding hydrogens is 231 g/mol. The van der Waals surface area contributed by atoms with Crippen LogP contribution in [0.3, 0.4) is 0 Å². The minimum atomic E-state index is -0.437. The Bertz CT molecular complexity index is 614. The maximum Gasteiger partial charge on any atom is 0.168 e. The largest absolute Gasteiger partial charge is 0.294 e. The second-order valence-corrected chi connectivity index (χ2v) is 4.74. The van der Waals surface area contributed by atoms with Crippen LogP contribution in [0.1, 0.15) is 23.2 Å². The second kappa shape index (κ2) is 4.05. The second-order valence-electron chi connectivity index (χ2n) is 4.74. The third-order valence-corrected chi connectivity index (χ3v) is 3.22. The monoisotopic (exact) mass is 244 g/mol. The van der Waals surface area contributed by atoms with E-state index < -0.39 is 5.82 Å². The predicted octanol–water partition coefficient (Wildman–Crippen LogP) is 2.82. The molecule has 3 nitrogen and oxygen atoms in total. The Morgan fingerprint density at radius 3 is 2.72 bits per heavy atom. The van der Waals surface area contributed by atoms with E-state index in [0.717, 1.165) is 24.0 Å². The van der Waals surface area contributed by atoms with Crippen LogP contribution in [0.4, 0.5) is 4.39 Å². The summed E-state index contributed by atoms with van der Waals surface area (Å²) in [7, 11) is 1.81. The van der Waals surface area contributed by atoms with Crippen LogP contribution >= 0.6 is 0 Å². The lowest BCUT2D eigenvalue weighted by Gasteiger charge is -2.03. The van der Waals surface area contributed by atoms with Gasteiger partial charge < -0.3 is 0 Å². The smallest absolute Gasteiger partial charge is 0.168 e. The van der Waals surface area contributed by atoms with Crippen molar-refractivity contribution < 1.29 is 9.18 Å². The topological polar surface area (TPSA) is 34.9 Å². The summed E-state index contributed by atoms with van der Waals surface area (Å²) in [6.45, 7) is 0. The van der Waals surface area contributed by atoms with Gasteiger partial charge in [-0.1, -0.05) is 6.07 Å². The van der Waals surface area contributed by atoms with Crippen molar-refractivity contribution in [3.8, 4) is 11.1 Å². The highest BCUT2D eigenvalue weighted by Gasteiger charge is 2.31. The molecule has 18 heavy (non-hydrogen) atoms. The average Bonchev–Trinajstić information content (AvgIpc) is 3.11. The standard InChI is InChI=1S/C14H13FN2O/c1-17-8-11(7-16-17)10-4-5-12(13(15)6-10)14(18)9-2-3-9/h4-9H,2-3H2,1H3. The first-order valence-electron chi connectivity index (χ1n) is 5.98. The van der Waals surface area contributed by atoms with Crippen LogP contribution in [0, 0.1) is 11.7 Å². The van der Waals surface area contributed by atoms with Gasteiger partial charge in [0.05, 0.1) is 11.8 Å². The number of benzene rings is 1. The molecule has 0 N–H and O–H groups in total. The highest BCUT2D eigenvalue weighted by molar-refractivity contribution is 5.99. The first-order chi connectivity index (χ1) is 8.65. The number of Topliss-reactive ketones (excluding diaryl/α,β-unsaturated/α-hetero) is 1. The zero-order chi connectivity index (χ0) is 12.7. The average molecular weight is 244 g/mol. The van der Waals surface area contributed by atoms with Gasteiger partial charge in [0.1, 0.15) is 5.82 Å². The maximum atomic E-state index is 13.9. The van der Waals surface area contributed by atoms with Crippen LogP contribution in [0.5, 0.6) is 0 Å². The summed E-state index contributed by atoms with van der Waals surface area (Å²) >= 11 is 0. The van der Waals surface area contributed by atoms with Gasteiger partial charge in [-0.3, -0.25) is 9.48 Å². The van der Waals surface area contributed by atoms with Crippen LogP contribution in [-0.4, -0.2) is 15.6 Å². The van der Waals surface area contributed by atoms with Crippen molar-refractivity contribution in [2.24, 2.45) is 13.0 Å². The zero-order valence-corrected chi connectivity index (χ0v) is 10.1. The first-order valence-corrected chi connectivity index (χ1v) is 5.98. The summed E-state index contributed by atoms with van der Waals surface area (Å²) in [6, 6.07) is 4.76. The van der Waals surface area contributed by atoms with Crippen molar-refractivity contribution in [1.82, 2.24) is 9.78 Å². The molecule has 4 heteroatoms. The highest BCUT2D eigenvalue weighted by atomic mass is 19.1. The summed E-state index contributed by atoms with van der Waals surface area (Å²) in [6.07, 6.45) is 5.28. The number of aromatic nitrogens is 2. The summed E-state index contributed by atoms with van der Waals surface area (Å²) < 4.78 is 15.6. The lowest BCUT2D eigenvalue weighted by atomic mass is 10.0. The fourth-order valence-electron chi connectivity index (χ4n) is 2.03. The molecule has 92 valence electrons. The molecule has 1 fully saturated rings. The third-order valence-electron chi connectivity index (χ3n) is 3.22. The van der Waals surface area contributed by atoms with E-state index in [9.17, 15) is 9.18 Å². The molecule has 1 aliphatic carbocycles. The Balaban J connectivity index is 1.95. The van der Waals surface area contributed by atoms with Crippen LogP contribution in [0.15, 0.2) is 30.6 Å². The van der Waals surface area contributed by atoms with E-state index in [1.165, 1.54) is 6.07 Å². The SMILES string of the molecule is Cn1cc(-c2ccc(C(=O)C3CC3)c(F)c2)cn1. The van der Waals surface area contributed by atoms with Crippen LogP contribution in [0.2, 0.25) is 0 Å². The van der Waals surface area contributed by atoms with Crippen molar-refractivity contribution in [2.45, 2.75) is 12.8 Å². The molecule has 1 saturated carbocycles. The van der Waals surface area contributed by atoms with Crippen LogP contribution in [-0.2, 0) is 7.05 Å². The van der Waals surface area contributed by atoms with Gasteiger partial charge in [-0.2, -0.15) is 5.10 Å². The normalized spacial score (nSPS) is 14.8. The molecular formula is C14H13FN2O. The quantitative estimate of drug-likeness (QED) is 0.778. The Morgan fingerprint density at radius 1 is 1.39 bits per heavy atom. The van der Waals surface area contributed by atoms with Crippen molar-refractivity contribution in [3.05, 3.63) is 42.0 Å². The predicted molar refractivity (Wildman–Crippen MR) is 65.7 cm³/mol. The van der Waals surface area contributed by atoms with Crippen molar-refractivity contribution in [1.29, 1.82) is 0 Å². The number of hydrogen-bond acceptors (Lipinski definition) is 2. The third kappa shape index (κ3) is 1.94. The molecule has 0 aliphatic heterocycles. The Labute approximate surface area is 104 Å². The number of carbonyl (C=O) groups is 1. The molecule has 0 bridgehead atoms. The van der Waals surface area contributed by atoms with Crippen molar-refractivity contribution >= 4 is 5.78 Å². The Kier molecular flexibility index (Phi) is 2.51. The van der Waals surface area contributed by atoms with Gasteiger partial charge in [0.15, 0.2) is 5.78 Å². The van der Waals surface area contributed by atoms with Gasteiger partial charge >= 0.3 is 0 Å². The van der Waals surface area contributed by atoms with Gasteiger partial charge in [0.2, 0.25) is 0 Å². The molecule has 1 aromatic carbocycles. The van der Waals surface area contributed by atoms with Gasteiger partial charge in [0.25, 0.3) is 0 Å². The van der Waals surface area contributed by atoms with E-state index in [4.69, 9.17) is 0 Å². The van der Waals surface area contributed by atoms with Gasteiger partial charge in [-0.25, -0.2) is 4.39 Å². The number of halogens is 1. The summed E-state index contributed by atoms with van der Waals surface area (Å²) in [5.74, 6) is -0.456. The fraction of sp³-hybridized carbons (Fsp3) is 0.286. The molecule has 1 aliphatic rings. The zero-order valence-electron chi connectivity index (χ0n) is 10.1. The Morgan fingerprint density at radius 2 is 2.17 bits per heavy atom.